The van der Waals surface area contributed by atoms with E-state index in [2.05, 4.69) is 5.16 Å². The summed E-state index contributed by atoms with van der Waals surface area (Å²) in [6, 6.07) is 38.7. The van der Waals surface area contributed by atoms with Gasteiger partial charge in [0.15, 0.2) is 0 Å². The van der Waals surface area contributed by atoms with Crippen LogP contribution < -0.4 is 0 Å². The van der Waals surface area contributed by atoms with Crippen LogP contribution in [0.1, 0.15) is 22.3 Å². The molecule has 5 rings (SSSR count). The molecule has 1 aliphatic heterocycles. The number of hydrogen-bond acceptors (Lipinski definition) is 4. The minimum Gasteiger partial charge on any atom is -0.408 e. The Balaban J connectivity index is 1.61. The molecule has 6 heteroatoms. The average Bonchev–Trinajstić information content (AvgIpc) is 3.05. The molecular formula is C33H35N3O3. The van der Waals surface area contributed by atoms with Crippen molar-refractivity contribution >= 4 is 5.96 Å². The van der Waals surface area contributed by atoms with Crippen LogP contribution in [0.2, 0.25) is 0 Å². The van der Waals surface area contributed by atoms with Gasteiger partial charge in [0.25, 0.3) is 0 Å². The van der Waals surface area contributed by atoms with Crippen LogP contribution in [-0.4, -0.2) is 55.5 Å². The zero-order valence-corrected chi connectivity index (χ0v) is 21.9. The summed E-state index contributed by atoms with van der Waals surface area (Å²) in [5.41, 5.74) is 4.08. The Hall–Kier alpha value is -4.13. The number of aliphatic hydroxyl groups excluding tert-OH is 2. The van der Waals surface area contributed by atoms with Crippen molar-refractivity contribution in [3.8, 4) is 0 Å². The van der Waals surface area contributed by atoms with Gasteiger partial charge in [-0.05, 0) is 35.1 Å². The van der Waals surface area contributed by atoms with Crippen LogP contribution in [0.3, 0.4) is 0 Å². The third kappa shape index (κ3) is 6.30. The first-order chi connectivity index (χ1) is 19.1. The third-order valence-corrected chi connectivity index (χ3v) is 7.51. The summed E-state index contributed by atoms with van der Waals surface area (Å²) in [6.07, 6.45) is -1.25. The van der Waals surface area contributed by atoms with E-state index in [0.29, 0.717) is 31.9 Å². The highest BCUT2D eigenvalue weighted by atomic mass is 16.4. The second-order valence-electron chi connectivity index (χ2n) is 10.1. The van der Waals surface area contributed by atoms with Gasteiger partial charge in [-0.15, -0.1) is 0 Å². The lowest BCUT2D eigenvalue weighted by Gasteiger charge is -2.38. The summed E-state index contributed by atoms with van der Waals surface area (Å²) >= 11 is 0. The fourth-order valence-corrected chi connectivity index (χ4v) is 5.51. The first-order valence-electron chi connectivity index (χ1n) is 13.4. The van der Waals surface area contributed by atoms with Gasteiger partial charge in [-0.25, -0.2) is 0 Å². The monoisotopic (exact) mass is 521 g/mol. The molecule has 1 aliphatic rings. The number of guanidine groups is 1. The minimum atomic E-state index is -1.10. The van der Waals surface area contributed by atoms with Crippen LogP contribution in [0.5, 0.6) is 0 Å². The van der Waals surface area contributed by atoms with Crippen LogP contribution in [-0.2, 0) is 25.9 Å². The van der Waals surface area contributed by atoms with Crippen molar-refractivity contribution < 1.29 is 15.4 Å². The Labute approximate surface area is 230 Å². The molecule has 0 saturated carbocycles. The van der Waals surface area contributed by atoms with Gasteiger partial charge in [0.2, 0.25) is 5.96 Å². The molecule has 4 atom stereocenters. The van der Waals surface area contributed by atoms with Crippen molar-refractivity contribution in [3.63, 3.8) is 0 Å². The number of oxime groups is 1. The lowest BCUT2D eigenvalue weighted by atomic mass is 9.91. The standard InChI is InChI=1S/C33H35N3O3/c37-31-29(21-25-13-5-1-6-14-25)35(23-27-17-9-3-10-18-27)33(34-39)36(24-28-19-11-4-12-20-28)30(32(31)38)22-26-15-7-2-8-16-26/h1-20,29-32,37-39H,21-24H2/t29-,30-,31+,32+/m1/s1. The number of hydrogen-bond donors (Lipinski definition) is 3. The molecule has 1 fully saturated rings. The van der Waals surface area contributed by atoms with E-state index in [1.807, 2.05) is 131 Å². The second kappa shape index (κ2) is 12.6. The first kappa shape index (κ1) is 26.5. The predicted molar refractivity (Wildman–Crippen MR) is 153 cm³/mol. The molecule has 0 radical (unpaired) electrons. The molecule has 0 unspecified atom stereocenters. The van der Waals surface area contributed by atoms with Gasteiger partial charge in [0.1, 0.15) is 12.2 Å². The van der Waals surface area contributed by atoms with Crippen LogP contribution in [0.4, 0.5) is 0 Å². The molecule has 3 N–H and O–H groups in total. The summed E-state index contributed by atoms with van der Waals surface area (Å²) in [6.45, 7) is 0.815. The summed E-state index contributed by atoms with van der Waals surface area (Å²) in [5, 5.41) is 38.1. The van der Waals surface area contributed by atoms with E-state index in [1.165, 1.54) is 0 Å². The van der Waals surface area contributed by atoms with Gasteiger partial charge in [-0.3, -0.25) is 0 Å². The van der Waals surface area contributed by atoms with Crippen LogP contribution in [0, 0.1) is 0 Å². The van der Waals surface area contributed by atoms with E-state index in [9.17, 15) is 15.4 Å². The van der Waals surface area contributed by atoms with Gasteiger partial charge in [-0.2, -0.15) is 0 Å². The predicted octanol–water partition coefficient (Wildman–Crippen LogP) is 4.69. The molecule has 1 heterocycles. The van der Waals surface area contributed by atoms with E-state index >= 15 is 0 Å². The van der Waals surface area contributed by atoms with Gasteiger partial charge in [0, 0.05) is 13.1 Å². The molecule has 0 aliphatic carbocycles. The highest BCUT2D eigenvalue weighted by Gasteiger charge is 2.45. The van der Waals surface area contributed by atoms with E-state index in [0.717, 1.165) is 22.3 Å². The van der Waals surface area contributed by atoms with E-state index < -0.39 is 24.3 Å². The van der Waals surface area contributed by atoms with Crippen molar-refractivity contribution in [1.29, 1.82) is 0 Å². The van der Waals surface area contributed by atoms with Crippen molar-refractivity contribution in [2.45, 2.75) is 50.2 Å². The van der Waals surface area contributed by atoms with E-state index in [1.54, 1.807) is 0 Å². The molecule has 4 aromatic carbocycles. The Morgan fingerprint density at radius 3 is 1.10 bits per heavy atom. The number of benzene rings is 4. The highest BCUT2D eigenvalue weighted by Crippen LogP contribution is 2.30. The Morgan fingerprint density at radius 1 is 0.487 bits per heavy atom. The normalized spacial score (nSPS) is 21.4. The lowest BCUT2D eigenvalue weighted by molar-refractivity contribution is -0.0408. The first-order valence-corrected chi connectivity index (χ1v) is 13.4. The fraction of sp³-hybridized carbons (Fsp3) is 0.242. The smallest absolute Gasteiger partial charge is 0.239 e. The zero-order valence-electron chi connectivity index (χ0n) is 21.9. The van der Waals surface area contributed by atoms with Crippen LogP contribution in [0.15, 0.2) is 126 Å². The quantitative estimate of drug-likeness (QED) is 0.232. The van der Waals surface area contributed by atoms with Crippen molar-refractivity contribution in [2.24, 2.45) is 5.16 Å². The zero-order chi connectivity index (χ0) is 27.0. The SMILES string of the molecule is ON=C1N(Cc2ccccc2)[C@H](Cc2ccccc2)[C@H](O)[C@@H](O)[C@@H](Cc2ccccc2)N1Cc1ccccc1. The molecule has 39 heavy (non-hydrogen) atoms. The van der Waals surface area contributed by atoms with Crippen molar-refractivity contribution in [3.05, 3.63) is 144 Å². The van der Waals surface area contributed by atoms with Crippen molar-refractivity contribution in [2.75, 3.05) is 0 Å². The molecule has 0 bridgehead atoms. The Morgan fingerprint density at radius 2 is 0.795 bits per heavy atom. The largest absolute Gasteiger partial charge is 0.408 e. The Bertz CT molecular complexity index is 1220. The number of aliphatic hydroxyl groups is 2. The topological polar surface area (TPSA) is 79.5 Å². The highest BCUT2D eigenvalue weighted by molar-refractivity contribution is 5.81. The second-order valence-corrected chi connectivity index (χ2v) is 10.1. The molecule has 0 aromatic heterocycles. The molecule has 4 aromatic rings. The summed E-state index contributed by atoms with van der Waals surface area (Å²) in [5.74, 6) is 0.333. The van der Waals surface area contributed by atoms with Crippen LogP contribution in [0.25, 0.3) is 0 Å². The molecule has 200 valence electrons. The molecule has 1 saturated heterocycles. The van der Waals surface area contributed by atoms with Crippen LogP contribution >= 0.6 is 0 Å². The molecular weight excluding hydrogens is 486 g/mol. The number of rotatable bonds is 8. The van der Waals surface area contributed by atoms with Crippen molar-refractivity contribution in [1.82, 2.24) is 9.80 Å². The van der Waals surface area contributed by atoms with E-state index in [-0.39, 0.29) is 0 Å². The Kier molecular flexibility index (Phi) is 8.56. The summed E-state index contributed by atoms with van der Waals surface area (Å²) in [7, 11) is 0. The third-order valence-electron chi connectivity index (χ3n) is 7.51. The maximum atomic E-state index is 11.8. The van der Waals surface area contributed by atoms with Gasteiger partial charge in [-0.1, -0.05) is 126 Å². The van der Waals surface area contributed by atoms with Gasteiger partial charge >= 0.3 is 0 Å². The molecule has 0 amide bonds. The lowest BCUT2D eigenvalue weighted by Crippen LogP contribution is -2.51. The van der Waals surface area contributed by atoms with Gasteiger partial charge in [0.05, 0.1) is 12.1 Å². The minimum absolute atomic E-state index is 0.333. The maximum absolute atomic E-state index is 11.8. The number of nitrogens with zero attached hydrogens (tertiary/aromatic N) is 3. The molecule has 6 nitrogen and oxygen atoms in total. The summed E-state index contributed by atoms with van der Waals surface area (Å²) in [4.78, 5) is 3.90. The van der Waals surface area contributed by atoms with Gasteiger partial charge < -0.3 is 25.2 Å². The summed E-state index contributed by atoms with van der Waals surface area (Å²) < 4.78 is 0. The fourth-order valence-electron chi connectivity index (χ4n) is 5.51. The average molecular weight is 522 g/mol. The molecule has 0 spiro atoms. The van der Waals surface area contributed by atoms with E-state index in [4.69, 9.17) is 0 Å². The maximum Gasteiger partial charge on any atom is 0.239 e.